The van der Waals surface area contributed by atoms with Crippen LogP contribution >= 0.6 is 0 Å². The minimum atomic E-state index is 0.00354. The lowest BCUT2D eigenvalue weighted by atomic mass is 10.0. The van der Waals surface area contributed by atoms with Crippen molar-refractivity contribution in [2.45, 2.75) is 39.5 Å². The fraction of sp³-hybridized carbons (Fsp3) is 0.917. The lowest BCUT2D eigenvalue weighted by Gasteiger charge is -2.15. The normalized spacial score (nSPS) is 27.7. The van der Waals surface area contributed by atoms with Gasteiger partial charge in [0.15, 0.2) is 0 Å². The summed E-state index contributed by atoms with van der Waals surface area (Å²) in [5.41, 5.74) is 5.53. The van der Waals surface area contributed by atoms with Crippen LogP contribution in [0.5, 0.6) is 0 Å². The van der Waals surface area contributed by atoms with E-state index in [0.29, 0.717) is 12.5 Å². The number of nitrogens with two attached hydrogens (primary N) is 1. The maximum atomic E-state index is 11.7. The third-order valence-corrected chi connectivity index (χ3v) is 3.52. The Morgan fingerprint density at radius 3 is 2.73 bits per heavy atom. The molecule has 3 heteroatoms. The maximum absolute atomic E-state index is 11.7. The molecule has 15 heavy (non-hydrogen) atoms. The van der Waals surface area contributed by atoms with E-state index >= 15 is 0 Å². The second-order valence-electron chi connectivity index (χ2n) is 4.87. The quantitative estimate of drug-likeness (QED) is 0.726. The molecule has 1 fully saturated rings. The molecule has 88 valence electrons. The molecule has 0 aliphatic heterocycles. The zero-order valence-electron chi connectivity index (χ0n) is 9.96. The molecule has 1 aliphatic rings. The van der Waals surface area contributed by atoms with Crippen LogP contribution < -0.4 is 11.1 Å². The van der Waals surface area contributed by atoms with Crippen LogP contribution in [0.15, 0.2) is 0 Å². The van der Waals surface area contributed by atoms with Crippen LogP contribution in [0.1, 0.15) is 39.5 Å². The van der Waals surface area contributed by atoms with E-state index in [0.717, 1.165) is 18.9 Å². The van der Waals surface area contributed by atoms with Gasteiger partial charge >= 0.3 is 0 Å². The number of hydrogen-bond donors (Lipinski definition) is 2. The van der Waals surface area contributed by atoms with Gasteiger partial charge in [0.25, 0.3) is 0 Å². The van der Waals surface area contributed by atoms with E-state index in [9.17, 15) is 4.79 Å². The maximum Gasteiger partial charge on any atom is 0.224 e. The first-order valence-electron chi connectivity index (χ1n) is 6.15. The van der Waals surface area contributed by atoms with Crippen LogP contribution in [0.3, 0.4) is 0 Å². The van der Waals surface area contributed by atoms with E-state index < -0.39 is 0 Å². The van der Waals surface area contributed by atoms with Crippen molar-refractivity contribution in [2.75, 3.05) is 13.1 Å². The molecule has 3 nitrogen and oxygen atoms in total. The molecule has 3 N–H and O–H groups in total. The minimum Gasteiger partial charge on any atom is -0.356 e. The van der Waals surface area contributed by atoms with Gasteiger partial charge in [-0.1, -0.05) is 20.3 Å². The van der Waals surface area contributed by atoms with Gasteiger partial charge in [-0.25, -0.2) is 0 Å². The van der Waals surface area contributed by atoms with Gasteiger partial charge in [0, 0.05) is 19.0 Å². The van der Waals surface area contributed by atoms with Gasteiger partial charge in [-0.3, -0.25) is 4.79 Å². The minimum absolute atomic E-state index is 0.00354. The molecule has 1 amide bonds. The lowest BCUT2D eigenvalue weighted by molar-refractivity contribution is -0.124. The Hall–Kier alpha value is -0.570. The number of carbonyl (C=O) groups excluding carboxylic acids is 1. The van der Waals surface area contributed by atoms with E-state index in [2.05, 4.69) is 12.2 Å². The SMILES string of the molecule is CCC(CN)C(=O)NCC1CCC(C)C1. The zero-order chi connectivity index (χ0) is 11.3. The highest BCUT2D eigenvalue weighted by Gasteiger charge is 2.22. The standard InChI is InChI=1S/C12H24N2O/c1-3-11(7-13)12(15)14-8-10-5-4-9(2)6-10/h9-11H,3-8,13H2,1-2H3,(H,14,15). The van der Waals surface area contributed by atoms with Crippen molar-refractivity contribution < 1.29 is 4.79 Å². The summed E-state index contributed by atoms with van der Waals surface area (Å²) in [6.07, 6.45) is 4.68. The molecule has 0 bridgehead atoms. The molecule has 0 aromatic heterocycles. The lowest BCUT2D eigenvalue weighted by Crippen LogP contribution is -2.37. The highest BCUT2D eigenvalue weighted by molar-refractivity contribution is 5.78. The summed E-state index contributed by atoms with van der Waals surface area (Å²) in [4.78, 5) is 11.7. The van der Waals surface area contributed by atoms with Gasteiger partial charge in [-0.05, 0) is 31.1 Å². The van der Waals surface area contributed by atoms with Crippen LogP contribution in [-0.2, 0) is 4.79 Å². The third-order valence-electron chi connectivity index (χ3n) is 3.52. The largest absolute Gasteiger partial charge is 0.356 e. The number of hydrogen-bond acceptors (Lipinski definition) is 2. The average Bonchev–Trinajstić information content (AvgIpc) is 2.63. The fourth-order valence-electron chi connectivity index (χ4n) is 2.36. The van der Waals surface area contributed by atoms with E-state index in [-0.39, 0.29) is 11.8 Å². The van der Waals surface area contributed by atoms with Gasteiger partial charge in [-0.15, -0.1) is 0 Å². The number of nitrogens with one attached hydrogen (secondary N) is 1. The van der Waals surface area contributed by atoms with Crippen molar-refractivity contribution in [1.82, 2.24) is 5.32 Å². The second kappa shape index (κ2) is 6.11. The summed E-state index contributed by atoms with van der Waals surface area (Å²) in [5, 5.41) is 3.03. The summed E-state index contributed by atoms with van der Waals surface area (Å²) in [5.74, 6) is 1.67. The molecule has 1 saturated carbocycles. The monoisotopic (exact) mass is 212 g/mol. The van der Waals surface area contributed by atoms with Gasteiger partial charge < -0.3 is 11.1 Å². The van der Waals surface area contributed by atoms with Crippen LogP contribution in [0.25, 0.3) is 0 Å². The zero-order valence-corrected chi connectivity index (χ0v) is 9.96. The first-order valence-corrected chi connectivity index (χ1v) is 6.15. The second-order valence-corrected chi connectivity index (χ2v) is 4.87. The number of carbonyl (C=O) groups is 1. The van der Waals surface area contributed by atoms with Crippen molar-refractivity contribution in [3.63, 3.8) is 0 Å². The predicted octanol–water partition coefficient (Wildman–Crippen LogP) is 1.52. The molecular weight excluding hydrogens is 188 g/mol. The molecular formula is C12H24N2O. The molecule has 1 aliphatic carbocycles. The van der Waals surface area contributed by atoms with E-state index in [1.165, 1.54) is 19.3 Å². The summed E-state index contributed by atoms with van der Waals surface area (Å²) >= 11 is 0. The number of rotatable bonds is 5. The van der Waals surface area contributed by atoms with Gasteiger partial charge in [0.2, 0.25) is 5.91 Å². The first-order chi connectivity index (χ1) is 7.17. The van der Waals surface area contributed by atoms with Crippen LogP contribution in [0.2, 0.25) is 0 Å². The Kier molecular flexibility index (Phi) is 5.09. The average molecular weight is 212 g/mol. The van der Waals surface area contributed by atoms with Crippen LogP contribution in [0.4, 0.5) is 0 Å². The van der Waals surface area contributed by atoms with Crippen LogP contribution in [-0.4, -0.2) is 19.0 Å². The summed E-state index contributed by atoms with van der Waals surface area (Å²) in [6.45, 7) is 5.61. The molecule has 0 saturated heterocycles. The summed E-state index contributed by atoms with van der Waals surface area (Å²) in [6, 6.07) is 0. The van der Waals surface area contributed by atoms with Gasteiger partial charge in [-0.2, -0.15) is 0 Å². The highest BCUT2D eigenvalue weighted by Crippen LogP contribution is 2.29. The van der Waals surface area contributed by atoms with Crippen molar-refractivity contribution in [1.29, 1.82) is 0 Å². The Balaban J connectivity index is 2.21. The van der Waals surface area contributed by atoms with Crippen molar-refractivity contribution in [3.8, 4) is 0 Å². The summed E-state index contributed by atoms with van der Waals surface area (Å²) in [7, 11) is 0. The topological polar surface area (TPSA) is 55.1 Å². The van der Waals surface area contributed by atoms with Gasteiger partial charge in [0.1, 0.15) is 0 Å². The van der Waals surface area contributed by atoms with Crippen LogP contribution in [0, 0.1) is 17.8 Å². The summed E-state index contributed by atoms with van der Waals surface area (Å²) < 4.78 is 0. The Morgan fingerprint density at radius 1 is 1.53 bits per heavy atom. The smallest absolute Gasteiger partial charge is 0.224 e. The fourth-order valence-corrected chi connectivity index (χ4v) is 2.36. The van der Waals surface area contributed by atoms with Gasteiger partial charge in [0.05, 0.1) is 0 Å². The molecule has 1 rings (SSSR count). The highest BCUT2D eigenvalue weighted by atomic mass is 16.1. The van der Waals surface area contributed by atoms with E-state index in [4.69, 9.17) is 5.73 Å². The third kappa shape index (κ3) is 3.82. The molecule has 0 heterocycles. The predicted molar refractivity (Wildman–Crippen MR) is 62.4 cm³/mol. The molecule has 0 radical (unpaired) electrons. The Morgan fingerprint density at radius 2 is 2.27 bits per heavy atom. The van der Waals surface area contributed by atoms with E-state index in [1.807, 2.05) is 6.92 Å². The molecule has 3 unspecified atom stereocenters. The Labute approximate surface area is 92.8 Å². The van der Waals surface area contributed by atoms with Crippen molar-refractivity contribution in [3.05, 3.63) is 0 Å². The Bertz CT molecular complexity index is 202. The first kappa shape index (κ1) is 12.5. The number of amides is 1. The van der Waals surface area contributed by atoms with Crippen molar-refractivity contribution >= 4 is 5.91 Å². The molecule has 0 aromatic rings. The molecule has 0 aromatic carbocycles. The molecule has 0 spiro atoms. The molecule has 3 atom stereocenters. The van der Waals surface area contributed by atoms with E-state index in [1.54, 1.807) is 0 Å². The van der Waals surface area contributed by atoms with Crippen molar-refractivity contribution in [2.24, 2.45) is 23.5 Å².